The van der Waals surface area contributed by atoms with Crippen LogP contribution in [0, 0.1) is 0 Å². The van der Waals surface area contributed by atoms with Crippen LogP contribution < -0.4 is 5.32 Å². The van der Waals surface area contributed by atoms with Crippen molar-refractivity contribution in [3.05, 3.63) is 66.0 Å². The number of aromatic nitrogens is 1. The second kappa shape index (κ2) is 7.45. The minimum absolute atomic E-state index is 0.570. The Bertz CT molecular complexity index is 628. The number of nitrogens with one attached hydrogen (secondary N) is 1. The molecule has 2 aliphatic rings. The van der Waals surface area contributed by atoms with Gasteiger partial charge >= 0.3 is 0 Å². The molecule has 0 radical (unpaired) electrons. The van der Waals surface area contributed by atoms with Gasteiger partial charge in [0.15, 0.2) is 0 Å². The molecule has 0 unspecified atom stereocenters. The predicted molar refractivity (Wildman–Crippen MR) is 97.9 cm³/mol. The van der Waals surface area contributed by atoms with Crippen molar-refractivity contribution in [2.24, 2.45) is 0 Å². The standard InChI is InChI=1S/C21H27N3/c1-2-8-18(9-3-1)19-11-14-24(16-17-7-6-12-22-15-17)20-10-4-5-13-23-21(19)20/h1-3,6-9,12,15,19-21,23H,4-5,10-11,13-14,16H2/t19-,20-,21-/m1/s1. The Morgan fingerprint density at radius 2 is 1.96 bits per heavy atom. The molecule has 3 heterocycles. The largest absolute Gasteiger partial charge is 0.312 e. The van der Waals surface area contributed by atoms with Crippen LogP contribution in [0.1, 0.15) is 42.7 Å². The number of hydrogen-bond donors (Lipinski definition) is 1. The first-order valence-corrected chi connectivity index (χ1v) is 9.33. The minimum atomic E-state index is 0.570. The molecule has 4 rings (SSSR count). The van der Waals surface area contributed by atoms with Crippen LogP contribution in [0.2, 0.25) is 0 Å². The highest BCUT2D eigenvalue weighted by Gasteiger charge is 2.38. The monoisotopic (exact) mass is 321 g/mol. The van der Waals surface area contributed by atoms with Gasteiger partial charge in [0.05, 0.1) is 0 Å². The lowest BCUT2D eigenvalue weighted by atomic mass is 9.79. The quantitative estimate of drug-likeness (QED) is 0.936. The van der Waals surface area contributed by atoms with Gasteiger partial charge in [-0.25, -0.2) is 0 Å². The molecule has 1 N–H and O–H groups in total. The van der Waals surface area contributed by atoms with Crippen LogP contribution in [0.5, 0.6) is 0 Å². The van der Waals surface area contributed by atoms with Crippen LogP contribution in [0.3, 0.4) is 0 Å². The highest BCUT2D eigenvalue weighted by atomic mass is 15.2. The number of fused-ring (bicyclic) bond motifs is 1. The highest BCUT2D eigenvalue weighted by Crippen LogP contribution is 2.35. The summed E-state index contributed by atoms with van der Waals surface area (Å²) < 4.78 is 0. The maximum atomic E-state index is 4.29. The topological polar surface area (TPSA) is 28.2 Å². The molecule has 2 aliphatic heterocycles. The minimum Gasteiger partial charge on any atom is -0.312 e. The Morgan fingerprint density at radius 1 is 1.04 bits per heavy atom. The molecule has 3 atom stereocenters. The van der Waals surface area contributed by atoms with Crippen molar-refractivity contribution >= 4 is 0 Å². The van der Waals surface area contributed by atoms with E-state index in [1.807, 2.05) is 12.4 Å². The summed E-state index contributed by atoms with van der Waals surface area (Å²) in [6, 6.07) is 16.6. The van der Waals surface area contributed by atoms with Gasteiger partial charge in [-0.15, -0.1) is 0 Å². The van der Waals surface area contributed by atoms with E-state index in [1.165, 1.54) is 43.4 Å². The molecule has 1 aromatic heterocycles. The van der Waals surface area contributed by atoms with Crippen LogP contribution >= 0.6 is 0 Å². The lowest BCUT2D eigenvalue weighted by molar-refractivity contribution is 0.0891. The van der Waals surface area contributed by atoms with E-state index < -0.39 is 0 Å². The maximum Gasteiger partial charge on any atom is 0.0312 e. The molecule has 2 aromatic rings. The van der Waals surface area contributed by atoms with E-state index in [-0.39, 0.29) is 0 Å². The van der Waals surface area contributed by atoms with Gasteiger partial charge in [-0.3, -0.25) is 9.88 Å². The first-order valence-electron chi connectivity index (χ1n) is 9.33. The summed E-state index contributed by atoms with van der Waals surface area (Å²) in [5.41, 5.74) is 2.83. The number of hydrogen-bond acceptors (Lipinski definition) is 3. The average molecular weight is 321 g/mol. The van der Waals surface area contributed by atoms with Crippen molar-refractivity contribution in [2.75, 3.05) is 13.1 Å². The number of rotatable bonds is 3. The first kappa shape index (κ1) is 15.8. The van der Waals surface area contributed by atoms with Crippen molar-refractivity contribution in [1.29, 1.82) is 0 Å². The van der Waals surface area contributed by atoms with Gasteiger partial charge in [-0.2, -0.15) is 0 Å². The third-order valence-electron chi connectivity index (χ3n) is 5.69. The summed E-state index contributed by atoms with van der Waals surface area (Å²) in [5, 5.41) is 3.89. The number of nitrogens with zero attached hydrogens (tertiary/aromatic N) is 2. The zero-order valence-electron chi connectivity index (χ0n) is 14.3. The zero-order chi connectivity index (χ0) is 16.2. The smallest absolute Gasteiger partial charge is 0.0312 e. The van der Waals surface area contributed by atoms with E-state index in [4.69, 9.17) is 0 Å². The second-order valence-electron chi connectivity index (χ2n) is 7.18. The molecule has 2 fully saturated rings. The average Bonchev–Trinajstić information content (AvgIpc) is 2.90. The van der Waals surface area contributed by atoms with E-state index in [1.54, 1.807) is 0 Å². The van der Waals surface area contributed by atoms with Gasteiger partial charge in [0, 0.05) is 36.9 Å². The van der Waals surface area contributed by atoms with Crippen molar-refractivity contribution in [1.82, 2.24) is 15.2 Å². The number of piperidine rings is 1. The van der Waals surface area contributed by atoms with Crippen LogP contribution in [0.15, 0.2) is 54.9 Å². The maximum absolute atomic E-state index is 4.29. The molecule has 0 bridgehead atoms. The number of benzene rings is 1. The van der Waals surface area contributed by atoms with Gasteiger partial charge in [-0.05, 0) is 49.5 Å². The van der Waals surface area contributed by atoms with E-state index in [2.05, 4.69) is 57.7 Å². The van der Waals surface area contributed by atoms with Gasteiger partial charge in [0.2, 0.25) is 0 Å². The molecule has 3 heteroatoms. The Labute approximate surface area is 145 Å². The third kappa shape index (κ3) is 3.38. The summed E-state index contributed by atoms with van der Waals surface area (Å²) >= 11 is 0. The lowest BCUT2D eigenvalue weighted by Crippen LogP contribution is -2.56. The summed E-state index contributed by atoms with van der Waals surface area (Å²) in [5.74, 6) is 0.638. The fourth-order valence-corrected chi connectivity index (χ4v) is 4.53. The van der Waals surface area contributed by atoms with E-state index in [9.17, 15) is 0 Å². The van der Waals surface area contributed by atoms with E-state index in [0.29, 0.717) is 18.0 Å². The van der Waals surface area contributed by atoms with Gasteiger partial charge in [-0.1, -0.05) is 42.8 Å². The van der Waals surface area contributed by atoms with Crippen molar-refractivity contribution in [2.45, 2.75) is 50.2 Å². The Balaban J connectivity index is 1.57. The fourth-order valence-electron chi connectivity index (χ4n) is 4.53. The first-order chi connectivity index (χ1) is 11.9. The van der Waals surface area contributed by atoms with Crippen LogP contribution in [0.25, 0.3) is 0 Å². The summed E-state index contributed by atoms with van der Waals surface area (Å²) in [7, 11) is 0. The van der Waals surface area contributed by atoms with Crippen molar-refractivity contribution in [3.8, 4) is 0 Å². The van der Waals surface area contributed by atoms with E-state index >= 15 is 0 Å². The van der Waals surface area contributed by atoms with Crippen molar-refractivity contribution < 1.29 is 0 Å². The molecular weight excluding hydrogens is 294 g/mol. The third-order valence-corrected chi connectivity index (χ3v) is 5.69. The van der Waals surface area contributed by atoms with Gasteiger partial charge in [0.1, 0.15) is 0 Å². The van der Waals surface area contributed by atoms with Gasteiger partial charge < -0.3 is 5.32 Å². The number of pyridine rings is 1. The zero-order valence-corrected chi connectivity index (χ0v) is 14.3. The SMILES string of the molecule is c1ccc([C@H]2CCN(Cc3cccnc3)[C@@H]3CCCCN[C@H]23)cc1. The normalized spacial score (nSPS) is 28.1. The molecule has 0 saturated carbocycles. The summed E-state index contributed by atoms with van der Waals surface area (Å²) in [6.07, 6.45) is 9.05. The summed E-state index contributed by atoms with van der Waals surface area (Å²) in [4.78, 5) is 6.99. The second-order valence-corrected chi connectivity index (χ2v) is 7.18. The molecular formula is C21H27N3. The molecule has 0 amide bonds. The van der Waals surface area contributed by atoms with E-state index in [0.717, 1.165) is 13.1 Å². The highest BCUT2D eigenvalue weighted by molar-refractivity contribution is 5.24. The molecule has 2 saturated heterocycles. The Hall–Kier alpha value is -1.71. The Kier molecular flexibility index (Phi) is 4.91. The molecule has 126 valence electrons. The van der Waals surface area contributed by atoms with Crippen LogP contribution in [-0.4, -0.2) is 35.1 Å². The molecule has 3 nitrogen and oxygen atoms in total. The molecule has 24 heavy (non-hydrogen) atoms. The molecule has 0 spiro atoms. The fraction of sp³-hybridized carbons (Fsp3) is 0.476. The van der Waals surface area contributed by atoms with Crippen LogP contribution in [0.4, 0.5) is 0 Å². The molecule has 1 aromatic carbocycles. The molecule has 0 aliphatic carbocycles. The lowest BCUT2D eigenvalue weighted by Gasteiger charge is -2.45. The Morgan fingerprint density at radius 3 is 2.79 bits per heavy atom. The van der Waals surface area contributed by atoms with Gasteiger partial charge in [0.25, 0.3) is 0 Å². The van der Waals surface area contributed by atoms with Crippen molar-refractivity contribution in [3.63, 3.8) is 0 Å². The summed E-state index contributed by atoms with van der Waals surface area (Å²) in [6.45, 7) is 3.36. The van der Waals surface area contributed by atoms with Crippen LogP contribution in [-0.2, 0) is 6.54 Å². The number of likely N-dealkylation sites (tertiary alicyclic amines) is 1. The predicted octanol–water partition coefficient (Wildman–Crippen LogP) is 3.58.